The molecule has 1 fully saturated rings. The van der Waals surface area contributed by atoms with E-state index in [1.54, 1.807) is 11.3 Å². The summed E-state index contributed by atoms with van der Waals surface area (Å²) in [5.41, 5.74) is 2.00. The summed E-state index contributed by atoms with van der Waals surface area (Å²) in [6.07, 6.45) is 5.12. The second-order valence-corrected chi connectivity index (χ2v) is 9.65. The molecule has 0 radical (unpaired) electrons. The predicted molar refractivity (Wildman–Crippen MR) is 120 cm³/mol. The lowest BCUT2D eigenvalue weighted by Crippen LogP contribution is -2.65. The summed E-state index contributed by atoms with van der Waals surface area (Å²) in [4.78, 5) is 28.9. The Bertz CT molecular complexity index is 1080. The van der Waals surface area contributed by atoms with Crippen molar-refractivity contribution in [3.8, 4) is 0 Å². The molecule has 5 nitrogen and oxygen atoms in total. The van der Waals surface area contributed by atoms with Crippen LogP contribution in [0.1, 0.15) is 48.7 Å². The maximum absolute atomic E-state index is 13.6. The van der Waals surface area contributed by atoms with Crippen LogP contribution in [0.5, 0.6) is 0 Å². The molecule has 3 heterocycles. The minimum absolute atomic E-state index is 0.0291. The summed E-state index contributed by atoms with van der Waals surface area (Å²) in [6.45, 7) is 2.94. The summed E-state index contributed by atoms with van der Waals surface area (Å²) >= 11 is 1.64. The van der Waals surface area contributed by atoms with Crippen LogP contribution in [0.25, 0.3) is 10.2 Å². The number of carbonyl (C=O) groups excluding carboxylic acids is 2. The Morgan fingerprint density at radius 2 is 1.97 bits per heavy atom. The van der Waals surface area contributed by atoms with E-state index in [1.807, 2.05) is 52.1 Å². The molecule has 0 spiro atoms. The third-order valence-electron chi connectivity index (χ3n) is 6.70. The van der Waals surface area contributed by atoms with Crippen LogP contribution in [-0.2, 0) is 17.8 Å². The van der Waals surface area contributed by atoms with Crippen LogP contribution in [-0.4, -0.2) is 39.4 Å². The third-order valence-corrected chi connectivity index (χ3v) is 7.55. The summed E-state index contributed by atoms with van der Waals surface area (Å²) in [6, 6.07) is 14.4. The zero-order valence-corrected chi connectivity index (χ0v) is 18.1. The summed E-state index contributed by atoms with van der Waals surface area (Å²) < 4.78 is 3.14. The van der Waals surface area contributed by atoms with Gasteiger partial charge in [-0.25, -0.2) is 0 Å². The number of aromatic nitrogens is 1. The van der Waals surface area contributed by atoms with Gasteiger partial charge in [0.05, 0.1) is 16.8 Å². The van der Waals surface area contributed by atoms with Gasteiger partial charge in [0.15, 0.2) is 0 Å². The van der Waals surface area contributed by atoms with Crippen molar-refractivity contribution in [3.63, 3.8) is 0 Å². The van der Waals surface area contributed by atoms with E-state index < -0.39 is 5.54 Å². The molecular formula is C24H27N3O2S. The first-order valence-corrected chi connectivity index (χ1v) is 11.7. The van der Waals surface area contributed by atoms with Gasteiger partial charge in [-0.3, -0.25) is 9.59 Å². The Kier molecular flexibility index (Phi) is 4.89. The van der Waals surface area contributed by atoms with Crippen LogP contribution in [0.3, 0.4) is 0 Å². The Labute approximate surface area is 180 Å². The molecule has 1 N–H and O–H groups in total. The number of benzene rings is 1. The molecule has 0 saturated heterocycles. The van der Waals surface area contributed by atoms with Gasteiger partial charge in [-0.1, -0.05) is 43.2 Å². The van der Waals surface area contributed by atoms with Crippen molar-refractivity contribution in [3.05, 3.63) is 59.1 Å². The second-order valence-electron chi connectivity index (χ2n) is 8.71. The Hall–Kier alpha value is -2.60. The number of amides is 2. The van der Waals surface area contributed by atoms with Crippen molar-refractivity contribution in [2.24, 2.45) is 0 Å². The number of rotatable bonds is 5. The van der Waals surface area contributed by atoms with E-state index in [0.717, 1.165) is 42.3 Å². The maximum atomic E-state index is 13.6. The topological polar surface area (TPSA) is 54.3 Å². The first-order valence-electron chi connectivity index (χ1n) is 10.8. The fourth-order valence-electron chi connectivity index (χ4n) is 4.92. The van der Waals surface area contributed by atoms with E-state index in [9.17, 15) is 9.59 Å². The lowest BCUT2D eigenvalue weighted by Gasteiger charge is -2.44. The van der Waals surface area contributed by atoms with Gasteiger partial charge in [-0.05, 0) is 49.3 Å². The van der Waals surface area contributed by atoms with Gasteiger partial charge >= 0.3 is 0 Å². The monoisotopic (exact) mass is 421 g/mol. The molecule has 6 heteroatoms. The zero-order chi connectivity index (χ0) is 20.7. The first-order chi connectivity index (χ1) is 14.6. The molecule has 0 unspecified atom stereocenters. The summed E-state index contributed by atoms with van der Waals surface area (Å²) in [5.74, 6) is -0.0804. The Morgan fingerprint density at radius 1 is 1.20 bits per heavy atom. The van der Waals surface area contributed by atoms with Crippen molar-refractivity contribution in [2.75, 3.05) is 6.54 Å². The predicted octanol–water partition coefficient (Wildman–Crippen LogP) is 4.22. The highest BCUT2D eigenvalue weighted by Crippen LogP contribution is 2.34. The molecule has 1 aliphatic heterocycles. The lowest BCUT2D eigenvalue weighted by atomic mass is 9.93. The molecule has 156 valence electrons. The minimum atomic E-state index is -0.907. The number of hydrogen-bond acceptors (Lipinski definition) is 3. The third kappa shape index (κ3) is 3.23. The Morgan fingerprint density at radius 3 is 2.73 bits per heavy atom. The number of nitrogens with one attached hydrogen (secondary N) is 1. The van der Waals surface area contributed by atoms with Gasteiger partial charge in [-0.15, -0.1) is 11.3 Å². The molecule has 3 aromatic rings. The largest absolute Gasteiger partial charge is 0.351 e. The molecule has 0 bridgehead atoms. The minimum Gasteiger partial charge on any atom is -0.351 e. The van der Waals surface area contributed by atoms with Crippen LogP contribution in [0.4, 0.5) is 0 Å². The van der Waals surface area contributed by atoms with Gasteiger partial charge in [0.1, 0.15) is 11.2 Å². The molecule has 5 rings (SSSR count). The number of thiophene rings is 1. The standard InChI is InChI=1S/C24H27N3O2S/c1-24(23(29)25-18-9-5-6-10-18)16-26-19-12-14-30-21(19)15-20(26)22(28)27(24)13-11-17-7-3-2-4-8-17/h2-4,7-8,12,14-15,18H,5-6,9-11,13,16H2,1H3,(H,25,29)/t24-/m1/s1. The molecule has 2 aliphatic rings. The van der Waals surface area contributed by atoms with E-state index in [1.165, 1.54) is 5.56 Å². The van der Waals surface area contributed by atoms with E-state index in [4.69, 9.17) is 0 Å². The molecule has 2 aromatic heterocycles. The molecular weight excluding hydrogens is 394 g/mol. The quantitative estimate of drug-likeness (QED) is 0.671. The maximum Gasteiger partial charge on any atom is 0.271 e. The normalized spacial score (nSPS) is 21.9. The van der Waals surface area contributed by atoms with Crippen LogP contribution in [0, 0.1) is 0 Å². The number of fused-ring (bicyclic) bond motifs is 3. The summed E-state index contributed by atoms with van der Waals surface area (Å²) in [5, 5.41) is 5.30. The van der Waals surface area contributed by atoms with Crippen LogP contribution >= 0.6 is 11.3 Å². The highest BCUT2D eigenvalue weighted by atomic mass is 32.1. The molecule has 1 aliphatic carbocycles. The van der Waals surface area contributed by atoms with Crippen molar-refractivity contribution in [1.82, 2.24) is 14.8 Å². The van der Waals surface area contributed by atoms with Gasteiger partial charge in [0, 0.05) is 12.6 Å². The van der Waals surface area contributed by atoms with Crippen molar-refractivity contribution in [1.29, 1.82) is 0 Å². The number of hydrogen-bond donors (Lipinski definition) is 1. The van der Waals surface area contributed by atoms with Crippen LogP contribution in [0.2, 0.25) is 0 Å². The van der Waals surface area contributed by atoms with Crippen LogP contribution < -0.4 is 5.32 Å². The molecule has 2 amide bonds. The van der Waals surface area contributed by atoms with E-state index in [-0.39, 0.29) is 17.9 Å². The van der Waals surface area contributed by atoms with Gasteiger partial charge < -0.3 is 14.8 Å². The summed E-state index contributed by atoms with van der Waals surface area (Å²) in [7, 11) is 0. The smallest absolute Gasteiger partial charge is 0.271 e. The SMILES string of the molecule is C[C@]1(C(=O)NC2CCCC2)Cn2c(cc3sccc32)C(=O)N1CCc1ccccc1. The van der Waals surface area contributed by atoms with Crippen LogP contribution in [0.15, 0.2) is 47.8 Å². The van der Waals surface area contributed by atoms with Gasteiger partial charge in [0.2, 0.25) is 5.91 Å². The average Bonchev–Trinajstić information content (AvgIpc) is 3.47. The number of nitrogens with zero attached hydrogens (tertiary/aromatic N) is 2. The van der Waals surface area contributed by atoms with Gasteiger partial charge in [0.25, 0.3) is 5.91 Å². The van der Waals surface area contributed by atoms with E-state index in [2.05, 4.69) is 17.4 Å². The van der Waals surface area contributed by atoms with Crippen molar-refractivity contribution >= 4 is 33.4 Å². The molecule has 30 heavy (non-hydrogen) atoms. The van der Waals surface area contributed by atoms with E-state index >= 15 is 0 Å². The highest BCUT2D eigenvalue weighted by molar-refractivity contribution is 7.17. The first kappa shape index (κ1) is 19.4. The van der Waals surface area contributed by atoms with Crippen molar-refractivity contribution < 1.29 is 9.59 Å². The van der Waals surface area contributed by atoms with Gasteiger partial charge in [-0.2, -0.15) is 0 Å². The molecule has 1 atom stereocenters. The van der Waals surface area contributed by atoms with Crippen molar-refractivity contribution in [2.45, 2.75) is 57.2 Å². The molecule has 1 saturated carbocycles. The highest BCUT2D eigenvalue weighted by Gasteiger charge is 2.48. The van der Waals surface area contributed by atoms with E-state index in [0.29, 0.717) is 18.8 Å². The number of carbonyl (C=O) groups is 2. The second kappa shape index (κ2) is 7.58. The zero-order valence-electron chi connectivity index (χ0n) is 17.3. The molecule has 1 aromatic carbocycles. The average molecular weight is 422 g/mol. The fourth-order valence-corrected chi connectivity index (χ4v) is 5.74. The Balaban J connectivity index is 1.49. The lowest BCUT2D eigenvalue weighted by molar-refractivity contribution is -0.133. The fraction of sp³-hybridized carbons (Fsp3) is 0.417.